The van der Waals surface area contributed by atoms with Crippen LogP contribution in [0.2, 0.25) is 0 Å². The normalized spacial score (nSPS) is 16.7. The smallest absolute Gasteiger partial charge is 0.267 e. The Balaban J connectivity index is 1.49. The molecule has 1 saturated heterocycles. The second-order valence-corrected chi connectivity index (χ2v) is 6.44. The van der Waals surface area contributed by atoms with Crippen molar-refractivity contribution in [2.24, 2.45) is 5.73 Å². The number of benzene rings is 1. The fraction of sp³-hybridized carbons (Fsp3) is 0.350. The Hall–Kier alpha value is -2.93. The lowest BCUT2D eigenvalue weighted by Gasteiger charge is -2.33. The van der Waals surface area contributed by atoms with Gasteiger partial charge >= 0.3 is 0 Å². The first-order valence-corrected chi connectivity index (χ1v) is 8.94. The summed E-state index contributed by atoms with van der Waals surface area (Å²) in [6.07, 6.45) is 3.03. The molecular weight excluding hydrogens is 346 g/mol. The van der Waals surface area contributed by atoms with Gasteiger partial charge in [0.25, 0.3) is 5.91 Å². The van der Waals surface area contributed by atoms with Crippen LogP contribution < -0.4 is 10.5 Å². The number of hydrogen-bond donors (Lipinski definition) is 1. The average Bonchev–Trinajstić information content (AvgIpc) is 2.69. The van der Waals surface area contributed by atoms with Gasteiger partial charge < -0.3 is 20.1 Å². The molecule has 1 aromatic carbocycles. The minimum Gasteiger partial charge on any atom is -0.488 e. The standard InChI is InChI=1S/C20H23N3O4/c21-20(25)18-11-16(8-9-22-18)27-17-7-4-10-23(12-17)19(24)14-26-13-15-5-2-1-3-6-15/h1-3,5-6,8-9,11,17H,4,7,10,12-14H2,(H2,21,25). The third kappa shape index (κ3) is 5.52. The van der Waals surface area contributed by atoms with Crippen molar-refractivity contribution in [3.05, 3.63) is 59.9 Å². The van der Waals surface area contributed by atoms with Crippen LogP contribution in [-0.2, 0) is 16.1 Å². The number of nitrogens with two attached hydrogens (primary N) is 1. The van der Waals surface area contributed by atoms with Crippen molar-refractivity contribution in [1.29, 1.82) is 0 Å². The number of aromatic nitrogens is 1. The summed E-state index contributed by atoms with van der Waals surface area (Å²) in [6.45, 7) is 1.63. The zero-order valence-electron chi connectivity index (χ0n) is 15.0. The Kier molecular flexibility index (Phi) is 6.38. The summed E-state index contributed by atoms with van der Waals surface area (Å²) < 4.78 is 11.5. The second-order valence-electron chi connectivity index (χ2n) is 6.44. The van der Waals surface area contributed by atoms with Crippen molar-refractivity contribution in [3.63, 3.8) is 0 Å². The van der Waals surface area contributed by atoms with Gasteiger partial charge in [0.2, 0.25) is 5.91 Å². The number of carbonyl (C=O) groups is 2. The van der Waals surface area contributed by atoms with Gasteiger partial charge in [-0.25, -0.2) is 0 Å². The highest BCUT2D eigenvalue weighted by molar-refractivity contribution is 5.91. The van der Waals surface area contributed by atoms with E-state index in [0.29, 0.717) is 25.4 Å². The molecule has 1 fully saturated rings. The van der Waals surface area contributed by atoms with Crippen molar-refractivity contribution >= 4 is 11.8 Å². The molecule has 1 aliphatic heterocycles. The van der Waals surface area contributed by atoms with Gasteiger partial charge in [0.15, 0.2) is 0 Å². The number of pyridine rings is 1. The lowest BCUT2D eigenvalue weighted by molar-refractivity contribution is -0.139. The van der Waals surface area contributed by atoms with E-state index < -0.39 is 5.91 Å². The highest BCUT2D eigenvalue weighted by atomic mass is 16.5. The summed E-state index contributed by atoms with van der Waals surface area (Å²) in [5.74, 6) is -0.123. The number of primary amides is 1. The summed E-state index contributed by atoms with van der Waals surface area (Å²) in [7, 11) is 0. The van der Waals surface area contributed by atoms with E-state index in [9.17, 15) is 9.59 Å². The number of ether oxygens (including phenoxy) is 2. The van der Waals surface area contributed by atoms with Gasteiger partial charge in [0.1, 0.15) is 24.2 Å². The second kappa shape index (κ2) is 9.14. The molecule has 1 aliphatic rings. The number of amides is 2. The molecule has 7 heteroatoms. The predicted octanol–water partition coefficient (Wildman–Crippen LogP) is 1.77. The van der Waals surface area contributed by atoms with Crippen LogP contribution in [0.15, 0.2) is 48.7 Å². The van der Waals surface area contributed by atoms with E-state index in [4.69, 9.17) is 15.2 Å². The zero-order valence-corrected chi connectivity index (χ0v) is 15.0. The molecule has 0 saturated carbocycles. The number of rotatable bonds is 7. The predicted molar refractivity (Wildman–Crippen MR) is 99.1 cm³/mol. The first-order chi connectivity index (χ1) is 13.1. The largest absolute Gasteiger partial charge is 0.488 e. The summed E-state index contributed by atoms with van der Waals surface area (Å²) in [4.78, 5) is 29.3. The summed E-state index contributed by atoms with van der Waals surface area (Å²) in [6, 6.07) is 12.9. The molecule has 7 nitrogen and oxygen atoms in total. The highest BCUT2D eigenvalue weighted by Gasteiger charge is 2.25. The Bertz CT molecular complexity index is 782. The fourth-order valence-electron chi connectivity index (χ4n) is 2.99. The number of hydrogen-bond acceptors (Lipinski definition) is 5. The van der Waals surface area contributed by atoms with E-state index in [1.807, 2.05) is 30.3 Å². The maximum Gasteiger partial charge on any atom is 0.267 e. The molecule has 27 heavy (non-hydrogen) atoms. The van der Waals surface area contributed by atoms with Crippen LogP contribution in [0.5, 0.6) is 5.75 Å². The minimum absolute atomic E-state index is 0.0443. The number of likely N-dealkylation sites (tertiary alicyclic amines) is 1. The zero-order chi connectivity index (χ0) is 19.1. The van der Waals surface area contributed by atoms with Gasteiger partial charge in [-0.05, 0) is 24.5 Å². The molecule has 0 bridgehead atoms. The molecule has 142 valence electrons. The van der Waals surface area contributed by atoms with Gasteiger partial charge in [-0.3, -0.25) is 14.6 Å². The van der Waals surface area contributed by atoms with Crippen molar-refractivity contribution in [1.82, 2.24) is 9.88 Å². The van der Waals surface area contributed by atoms with Crippen molar-refractivity contribution in [2.45, 2.75) is 25.6 Å². The molecule has 1 unspecified atom stereocenters. The first-order valence-electron chi connectivity index (χ1n) is 8.94. The molecule has 0 radical (unpaired) electrons. The van der Waals surface area contributed by atoms with Gasteiger partial charge in [0.05, 0.1) is 13.2 Å². The van der Waals surface area contributed by atoms with E-state index in [0.717, 1.165) is 18.4 Å². The number of piperidine rings is 1. The average molecular weight is 369 g/mol. The van der Waals surface area contributed by atoms with Gasteiger partial charge in [-0.15, -0.1) is 0 Å². The molecule has 2 heterocycles. The molecule has 2 amide bonds. The van der Waals surface area contributed by atoms with Crippen LogP contribution in [0, 0.1) is 0 Å². The molecule has 3 rings (SSSR count). The van der Waals surface area contributed by atoms with E-state index >= 15 is 0 Å². The van der Waals surface area contributed by atoms with Crippen LogP contribution in [-0.4, -0.2) is 47.5 Å². The van der Waals surface area contributed by atoms with Crippen LogP contribution in [0.4, 0.5) is 0 Å². The Morgan fingerprint density at radius 2 is 2.04 bits per heavy atom. The van der Waals surface area contributed by atoms with Crippen LogP contribution in [0.25, 0.3) is 0 Å². The van der Waals surface area contributed by atoms with Crippen LogP contribution in [0.1, 0.15) is 28.9 Å². The monoisotopic (exact) mass is 369 g/mol. The SMILES string of the molecule is NC(=O)c1cc(OC2CCCN(C(=O)COCc3ccccc3)C2)ccn1. The van der Waals surface area contributed by atoms with Gasteiger partial charge in [0, 0.05) is 18.8 Å². The molecule has 2 aromatic rings. The number of nitrogens with zero attached hydrogens (tertiary/aromatic N) is 2. The van der Waals surface area contributed by atoms with E-state index in [1.54, 1.807) is 11.0 Å². The minimum atomic E-state index is -0.600. The molecular formula is C20H23N3O4. The molecule has 0 aliphatic carbocycles. The van der Waals surface area contributed by atoms with Gasteiger partial charge in [-0.1, -0.05) is 30.3 Å². The maximum atomic E-state index is 12.4. The topological polar surface area (TPSA) is 94.8 Å². The lowest BCUT2D eigenvalue weighted by Crippen LogP contribution is -2.45. The Labute approximate surface area is 158 Å². The molecule has 2 N–H and O–H groups in total. The molecule has 1 aromatic heterocycles. The Morgan fingerprint density at radius 3 is 2.81 bits per heavy atom. The van der Waals surface area contributed by atoms with E-state index in [1.165, 1.54) is 12.3 Å². The maximum absolute atomic E-state index is 12.4. The highest BCUT2D eigenvalue weighted by Crippen LogP contribution is 2.19. The fourth-order valence-corrected chi connectivity index (χ4v) is 2.99. The summed E-state index contributed by atoms with van der Waals surface area (Å²) in [5.41, 5.74) is 6.44. The summed E-state index contributed by atoms with van der Waals surface area (Å²) >= 11 is 0. The number of carbonyl (C=O) groups excluding carboxylic acids is 2. The quantitative estimate of drug-likeness (QED) is 0.803. The lowest BCUT2D eigenvalue weighted by atomic mass is 10.1. The van der Waals surface area contributed by atoms with Crippen molar-refractivity contribution < 1.29 is 19.1 Å². The van der Waals surface area contributed by atoms with E-state index in [2.05, 4.69) is 4.98 Å². The first kappa shape index (κ1) is 18.8. The van der Waals surface area contributed by atoms with Crippen molar-refractivity contribution in [2.75, 3.05) is 19.7 Å². The molecule has 1 atom stereocenters. The van der Waals surface area contributed by atoms with Crippen LogP contribution >= 0.6 is 0 Å². The third-order valence-electron chi connectivity index (χ3n) is 4.35. The van der Waals surface area contributed by atoms with Gasteiger partial charge in [-0.2, -0.15) is 0 Å². The van der Waals surface area contributed by atoms with Crippen molar-refractivity contribution in [3.8, 4) is 5.75 Å². The Morgan fingerprint density at radius 1 is 1.22 bits per heavy atom. The third-order valence-corrected chi connectivity index (χ3v) is 4.35. The molecule has 0 spiro atoms. The summed E-state index contributed by atoms with van der Waals surface area (Å²) in [5, 5.41) is 0. The van der Waals surface area contributed by atoms with Crippen LogP contribution in [0.3, 0.4) is 0 Å². The van der Waals surface area contributed by atoms with E-state index in [-0.39, 0.29) is 24.3 Å².